The summed E-state index contributed by atoms with van der Waals surface area (Å²) in [6.07, 6.45) is 2.69. The number of rotatable bonds is 3. The van der Waals surface area contributed by atoms with Crippen LogP contribution in [0.5, 0.6) is 0 Å². The summed E-state index contributed by atoms with van der Waals surface area (Å²) < 4.78 is 0.846. The molecular formula is C15H18BrN3O. The molecule has 20 heavy (non-hydrogen) atoms. The average molecular weight is 336 g/mol. The summed E-state index contributed by atoms with van der Waals surface area (Å²) in [7, 11) is 0. The standard InChI is InChI=1S/C15H18BrN3O/c1-2-15(6-3-7-18-10-15)14(20)19-13-8-12(16)5-4-11(13)9-17/h4-5,8,18H,2-3,6-7,10H2,1H3,(H,19,20). The van der Waals surface area contributed by atoms with Gasteiger partial charge in [-0.25, -0.2) is 0 Å². The van der Waals surface area contributed by atoms with E-state index in [0.29, 0.717) is 17.8 Å². The molecule has 4 nitrogen and oxygen atoms in total. The molecule has 1 saturated heterocycles. The van der Waals surface area contributed by atoms with Crippen LogP contribution in [0, 0.1) is 16.7 Å². The Balaban J connectivity index is 2.23. The Morgan fingerprint density at radius 2 is 2.40 bits per heavy atom. The van der Waals surface area contributed by atoms with Gasteiger partial charge in [0.15, 0.2) is 0 Å². The first-order valence-electron chi connectivity index (χ1n) is 6.83. The van der Waals surface area contributed by atoms with Crippen molar-refractivity contribution in [1.82, 2.24) is 5.32 Å². The fourth-order valence-corrected chi connectivity index (χ4v) is 2.96. The number of benzene rings is 1. The summed E-state index contributed by atoms with van der Waals surface area (Å²) >= 11 is 3.37. The third-order valence-electron chi connectivity index (χ3n) is 3.98. The molecule has 2 N–H and O–H groups in total. The number of halogens is 1. The third kappa shape index (κ3) is 3.02. The summed E-state index contributed by atoms with van der Waals surface area (Å²) in [6.45, 7) is 3.71. The van der Waals surface area contributed by atoms with Crippen LogP contribution in [-0.2, 0) is 4.79 Å². The largest absolute Gasteiger partial charge is 0.324 e. The topological polar surface area (TPSA) is 64.9 Å². The Bertz CT molecular complexity index is 545. The van der Waals surface area contributed by atoms with E-state index in [1.54, 1.807) is 18.2 Å². The molecule has 1 unspecified atom stereocenters. The minimum absolute atomic E-state index is 0.00167. The second-order valence-electron chi connectivity index (χ2n) is 5.17. The van der Waals surface area contributed by atoms with Crippen molar-refractivity contribution < 1.29 is 4.79 Å². The molecule has 1 fully saturated rings. The lowest BCUT2D eigenvalue weighted by Crippen LogP contribution is -2.47. The maximum atomic E-state index is 12.6. The van der Waals surface area contributed by atoms with Crippen LogP contribution in [0.2, 0.25) is 0 Å². The molecule has 1 aliphatic heterocycles. The number of anilines is 1. The number of carbonyl (C=O) groups excluding carboxylic acids is 1. The molecule has 5 heteroatoms. The highest BCUT2D eigenvalue weighted by Gasteiger charge is 2.38. The molecule has 1 heterocycles. The van der Waals surface area contributed by atoms with Crippen molar-refractivity contribution in [1.29, 1.82) is 5.26 Å². The molecule has 0 bridgehead atoms. The van der Waals surface area contributed by atoms with Crippen LogP contribution in [0.3, 0.4) is 0 Å². The Morgan fingerprint density at radius 1 is 1.60 bits per heavy atom. The number of nitriles is 1. The number of nitrogens with one attached hydrogen (secondary N) is 2. The van der Waals surface area contributed by atoms with Gasteiger partial charge in [0.25, 0.3) is 0 Å². The van der Waals surface area contributed by atoms with Gasteiger partial charge in [0.2, 0.25) is 5.91 Å². The number of amides is 1. The van der Waals surface area contributed by atoms with Crippen LogP contribution < -0.4 is 10.6 Å². The molecule has 1 aromatic rings. The maximum Gasteiger partial charge on any atom is 0.231 e. The van der Waals surface area contributed by atoms with Crippen molar-refractivity contribution in [2.45, 2.75) is 26.2 Å². The molecule has 1 amide bonds. The first-order chi connectivity index (χ1) is 9.61. The predicted molar refractivity (Wildman–Crippen MR) is 82.3 cm³/mol. The zero-order valence-electron chi connectivity index (χ0n) is 11.5. The van der Waals surface area contributed by atoms with Crippen LogP contribution in [0.15, 0.2) is 22.7 Å². The van der Waals surface area contributed by atoms with Gasteiger partial charge in [0.05, 0.1) is 16.7 Å². The molecule has 1 aromatic carbocycles. The molecule has 0 radical (unpaired) electrons. The summed E-state index contributed by atoms with van der Waals surface area (Å²) in [5.41, 5.74) is 0.689. The first kappa shape index (κ1) is 15.0. The van der Waals surface area contributed by atoms with E-state index in [9.17, 15) is 4.79 Å². The Labute approximate surface area is 127 Å². The minimum atomic E-state index is -0.368. The first-order valence-corrected chi connectivity index (χ1v) is 7.62. The van der Waals surface area contributed by atoms with Crippen molar-refractivity contribution in [3.63, 3.8) is 0 Å². The normalized spacial score (nSPS) is 22.1. The molecule has 2 rings (SSSR count). The number of nitrogens with zero attached hydrogens (tertiary/aromatic N) is 1. The maximum absolute atomic E-state index is 12.6. The summed E-state index contributed by atoms with van der Waals surface area (Å²) in [6, 6.07) is 7.39. The molecule has 1 atom stereocenters. The molecule has 0 spiro atoms. The molecule has 0 saturated carbocycles. The number of hydrogen-bond donors (Lipinski definition) is 2. The lowest BCUT2D eigenvalue weighted by molar-refractivity contribution is -0.126. The second kappa shape index (κ2) is 6.38. The SMILES string of the molecule is CCC1(C(=O)Nc2cc(Br)ccc2C#N)CCCNC1. The Hall–Kier alpha value is -1.38. The number of hydrogen-bond acceptors (Lipinski definition) is 3. The van der Waals surface area contributed by atoms with Crippen molar-refractivity contribution in [3.8, 4) is 6.07 Å². The van der Waals surface area contributed by atoms with Gasteiger partial charge in [0.1, 0.15) is 6.07 Å². The van der Waals surface area contributed by atoms with Crippen molar-refractivity contribution in [3.05, 3.63) is 28.2 Å². The molecule has 1 aliphatic rings. The van der Waals surface area contributed by atoms with Gasteiger partial charge in [-0.1, -0.05) is 22.9 Å². The zero-order valence-corrected chi connectivity index (χ0v) is 13.1. The predicted octanol–water partition coefficient (Wildman–Crippen LogP) is 3.04. The van der Waals surface area contributed by atoms with Crippen molar-refractivity contribution >= 4 is 27.5 Å². The summed E-state index contributed by atoms with van der Waals surface area (Å²) in [5, 5.41) is 15.4. The van der Waals surface area contributed by atoms with Crippen molar-refractivity contribution in [2.75, 3.05) is 18.4 Å². The molecule has 106 valence electrons. The van der Waals surface area contributed by atoms with Crippen LogP contribution in [0.4, 0.5) is 5.69 Å². The van der Waals surface area contributed by atoms with E-state index < -0.39 is 0 Å². The average Bonchev–Trinajstić information content (AvgIpc) is 2.48. The van der Waals surface area contributed by atoms with Gasteiger partial charge in [-0.15, -0.1) is 0 Å². The van der Waals surface area contributed by atoms with E-state index in [0.717, 1.165) is 30.3 Å². The highest BCUT2D eigenvalue weighted by Crippen LogP contribution is 2.32. The van der Waals surface area contributed by atoms with E-state index in [-0.39, 0.29) is 11.3 Å². The van der Waals surface area contributed by atoms with Gasteiger partial charge >= 0.3 is 0 Å². The van der Waals surface area contributed by atoms with Gasteiger partial charge in [-0.3, -0.25) is 4.79 Å². The molecule has 0 aliphatic carbocycles. The van der Waals surface area contributed by atoms with E-state index in [1.165, 1.54) is 0 Å². The van der Waals surface area contributed by atoms with E-state index >= 15 is 0 Å². The van der Waals surface area contributed by atoms with Crippen LogP contribution >= 0.6 is 15.9 Å². The minimum Gasteiger partial charge on any atom is -0.324 e. The summed E-state index contributed by atoms with van der Waals surface area (Å²) in [5.74, 6) is 0.00167. The monoisotopic (exact) mass is 335 g/mol. The van der Waals surface area contributed by atoms with E-state index in [2.05, 4.69) is 32.6 Å². The van der Waals surface area contributed by atoms with Gasteiger partial charge in [-0.05, 0) is 44.0 Å². The van der Waals surface area contributed by atoms with E-state index in [4.69, 9.17) is 5.26 Å². The quantitative estimate of drug-likeness (QED) is 0.892. The van der Waals surface area contributed by atoms with Crippen LogP contribution in [-0.4, -0.2) is 19.0 Å². The van der Waals surface area contributed by atoms with Gasteiger partial charge in [0, 0.05) is 11.0 Å². The van der Waals surface area contributed by atoms with Crippen LogP contribution in [0.25, 0.3) is 0 Å². The van der Waals surface area contributed by atoms with E-state index in [1.807, 2.05) is 6.92 Å². The second-order valence-corrected chi connectivity index (χ2v) is 6.09. The smallest absolute Gasteiger partial charge is 0.231 e. The fraction of sp³-hybridized carbons (Fsp3) is 0.467. The third-order valence-corrected chi connectivity index (χ3v) is 4.47. The van der Waals surface area contributed by atoms with Gasteiger partial charge in [-0.2, -0.15) is 5.26 Å². The number of carbonyl (C=O) groups is 1. The Morgan fingerprint density at radius 3 is 3.00 bits per heavy atom. The van der Waals surface area contributed by atoms with Crippen LogP contribution in [0.1, 0.15) is 31.7 Å². The highest BCUT2D eigenvalue weighted by molar-refractivity contribution is 9.10. The zero-order chi connectivity index (χ0) is 14.6. The lowest BCUT2D eigenvalue weighted by atomic mass is 9.77. The lowest BCUT2D eigenvalue weighted by Gasteiger charge is -2.35. The van der Waals surface area contributed by atoms with Crippen molar-refractivity contribution in [2.24, 2.45) is 5.41 Å². The number of piperidine rings is 1. The molecule has 0 aromatic heterocycles. The highest BCUT2D eigenvalue weighted by atomic mass is 79.9. The fourth-order valence-electron chi connectivity index (χ4n) is 2.60. The summed E-state index contributed by atoms with van der Waals surface area (Å²) in [4.78, 5) is 12.6. The molecular weight excluding hydrogens is 318 g/mol. The Kier molecular flexibility index (Phi) is 4.79. The van der Waals surface area contributed by atoms with Gasteiger partial charge < -0.3 is 10.6 Å².